The first-order valence-electron chi connectivity index (χ1n) is 15.1. The molecule has 1 spiro atoms. The second-order valence-corrected chi connectivity index (χ2v) is 12.8. The summed E-state index contributed by atoms with van der Waals surface area (Å²) in [5.74, 6) is -1.42. The van der Waals surface area contributed by atoms with E-state index < -0.39 is 35.5 Å². The fourth-order valence-electron chi connectivity index (χ4n) is 7.25. The van der Waals surface area contributed by atoms with Crippen LogP contribution in [0.5, 0.6) is 6.01 Å². The number of amides is 1. The number of ether oxygens (including phenoxy) is 1. The van der Waals surface area contributed by atoms with Crippen LogP contribution in [0.3, 0.4) is 0 Å². The molecule has 2 fully saturated rings. The van der Waals surface area contributed by atoms with Crippen LogP contribution in [-0.4, -0.2) is 95.1 Å². The molecule has 3 aliphatic heterocycles. The van der Waals surface area contributed by atoms with Gasteiger partial charge in [0, 0.05) is 49.7 Å². The number of hydrogen-bond acceptors (Lipinski definition) is 9. The van der Waals surface area contributed by atoms with Gasteiger partial charge in [0.2, 0.25) is 5.91 Å². The summed E-state index contributed by atoms with van der Waals surface area (Å²) in [4.78, 5) is 28.6. The van der Waals surface area contributed by atoms with Gasteiger partial charge in [-0.1, -0.05) is 18.2 Å². The molecular weight excluding hydrogens is 611 g/mol. The van der Waals surface area contributed by atoms with Crippen LogP contribution >= 0.6 is 11.6 Å². The van der Waals surface area contributed by atoms with Gasteiger partial charge in [-0.25, -0.2) is 13.2 Å². The third-order valence-corrected chi connectivity index (χ3v) is 9.92. The van der Waals surface area contributed by atoms with E-state index in [1.165, 1.54) is 17.0 Å². The molecule has 2 saturated heterocycles. The normalized spacial score (nSPS) is 27.4. The fraction of sp³-hybridized carbons (Fsp3) is 0.548. The number of likely N-dealkylation sites (N-methyl/N-ethyl adjacent to an activating group) is 1. The Hall–Kier alpha value is -3.44. The van der Waals surface area contributed by atoms with E-state index in [4.69, 9.17) is 21.3 Å². The molecule has 5 atom stereocenters. The number of nitrogens with one attached hydrogen (secondary N) is 1. The molecule has 0 bridgehead atoms. The lowest BCUT2D eigenvalue weighted by atomic mass is 9.65. The maximum absolute atomic E-state index is 14.7. The first-order chi connectivity index (χ1) is 21.5. The molecule has 14 heteroatoms. The highest BCUT2D eigenvalue weighted by Gasteiger charge is 2.49. The van der Waals surface area contributed by atoms with E-state index in [1.807, 2.05) is 16.8 Å². The summed E-state index contributed by atoms with van der Waals surface area (Å²) in [7, 11) is 1.83. The summed E-state index contributed by atoms with van der Waals surface area (Å²) in [6.45, 7) is 4.30. The first kappa shape index (κ1) is 31.5. The van der Waals surface area contributed by atoms with Crippen molar-refractivity contribution in [2.45, 2.75) is 68.4 Å². The minimum atomic E-state index is -1.57. The standard InChI is InChI=1S/C31H35ClF3N7O3/c1-17(33)28(43)42-9-8-41(15-20(42)5-7-36)27-26-25(37-30(39-27)45-16-21-10-19(35)14-40(21)2)13-31(29(44)38-26)6-3-4-22-23(31)11-18(34)12-24(22)32/h11-12,19-21,28,43H,1,3-6,8-10,13-16H2,2H3,(H,38,44)/t19-,20+,21+,28?,31?/m1/s1. The average Bonchev–Trinajstić information content (AvgIpc) is 3.33. The van der Waals surface area contributed by atoms with Crippen molar-refractivity contribution in [1.82, 2.24) is 19.8 Å². The number of alkyl halides is 1. The Morgan fingerprint density at radius 2 is 2.13 bits per heavy atom. The van der Waals surface area contributed by atoms with E-state index in [1.54, 1.807) is 0 Å². The van der Waals surface area contributed by atoms with Crippen molar-refractivity contribution in [2.24, 2.45) is 0 Å². The Morgan fingerprint density at radius 1 is 1.33 bits per heavy atom. The Balaban J connectivity index is 1.39. The highest BCUT2D eigenvalue weighted by molar-refractivity contribution is 6.31. The van der Waals surface area contributed by atoms with Crippen LogP contribution in [0.15, 0.2) is 24.5 Å². The number of anilines is 2. The van der Waals surface area contributed by atoms with Crippen LogP contribution in [0.25, 0.3) is 0 Å². The summed E-state index contributed by atoms with van der Waals surface area (Å²) in [6, 6.07) is 4.02. The summed E-state index contributed by atoms with van der Waals surface area (Å²) in [5, 5.41) is 23.2. The summed E-state index contributed by atoms with van der Waals surface area (Å²) in [5.41, 5.74) is 1.02. The largest absolute Gasteiger partial charge is 0.462 e. The van der Waals surface area contributed by atoms with Crippen molar-refractivity contribution in [3.8, 4) is 12.1 Å². The van der Waals surface area contributed by atoms with E-state index in [2.05, 4.69) is 22.9 Å². The zero-order chi connectivity index (χ0) is 32.0. The van der Waals surface area contributed by atoms with Crippen molar-refractivity contribution in [3.05, 3.63) is 52.2 Å². The molecule has 1 aliphatic carbocycles. The number of rotatable bonds is 7. The maximum Gasteiger partial charge on any atom is 0.318 e. The van der Waals surface area contributed by atoms with Crippen molar-refractivity contribution >= 4 is 29.0 Å². The monoisotopic (exact) mass is 645 g/mol. The number of benzene rings is 1. The predicted octanol–water partition coefficient (Wildman–Crippen LogP) is 3.66. The Morgan fingerprint density at radius 3 is 2.84 bits per heavy atom. The molecule has 1 aromatic heterocycles. The van der Waals surface area contributed by atoms with Crippen LogP contribution in [0.4, 0.5) is 24.7 Å². The summed E-state index contributed by atoms with van der Waals surface area (Å²) >= 11 is 6.44. The molecule has 0 radical (unpaired) electrons. The van der Waals surface area contributed by atoms with Crippen molar-refractivity contribution in [1.29, 1.82) is 5.26 Å². The van der Waals surface area contributed by atoms with Gasteiger partial charge in [0.25, 0.3) is 0 Å². The highest BCUT2D eigenvalue weighted by atomic mass is 35.5. The molecule has 2 aromatic rings. The predicted molar refractivity (Wildman–Crippen MR) is 161 cm³/mol. The number of piperazine rings is 1. The number of halogens is 4. The number of aromatic nitrogens is 2. The molecule has 1 amide bonds. The van der Waals surface area contributed by atoms with Gasteiger partial charge in [0.05, 0.1) is 23.6 Å². The third-order valence-electron chi connectivity index (χ3n) is 9.58. The molecule has 6 rings (SSSR count). The van der Waals surface area contributed by atoms with E-state index in [0.29, 0.717) is 55.0 Å². The zero-order valence-corrected chi connectivity index (χ0v) is 25.7. The van der Waals surface area contributed by atoms with Gasteiger partial charge in [-0.3, -0.25) is 14.6 Å². The Bertz CT molecular complexity index is 1560. The molecule has 45 heavy (non-hydrogen) atoms. The minimum Gasteiger partial charge on any atom is -0.462 e. The summed E-state index contributed by atoms with van der Waals surface area (Å²) < 4.78 is 48.7. The molecule has 4 heterocycles. The number of fused-ring (bicyclic) bond motifs is 3. The number of likely N-dealkylation sites (tertiary alicyclic amines) is 1. The quantitative estimate of drug-likeness (QED) is 0.465. The van der Waals surface area contributed by atoms with Crippen LogP contribution < -0.4 is 15.0 Å². The van der Waals surface area contributed by atoms with Gasteiger partial charge in [-0.15, -0.1) is 0 Å². The lowest BCUT2D eigenvalue weighted by molar-refractivity contribution is -0.122. The maximum atomic E-state index is 14.7. The number of aliphatic hydroxyl groups is 1. The van der Waals surface area contributed by atoms with Gasteiger partial charge in [-0.05, 0) is 56.0 Å². The van der Waals surface area contributed by atoms with Crippen LogP contribution in [0.1, 0.15) is 42.5 Å². The Kier molecular flexibility index (Phi) is 8.69. The van der Waals surface area contributed by atoms with Gasteiger partial charge in [0.1, 0.15) is 30.1 Å². The van der Waals surface area contributed by atoms with Gasteiger partial charge >= 0.3 is 6.01 Å². The molecule has 10 nitrogen and oxygen atoms in total. The summed E-state index contributed by atoms with van der Waals surface area (Å²) in [6.07, 6.45) is -0.326. The molecule has 2 N–H and O–H groups in total. The smallest absolute Gasteiger partial charge is 0.318 e. The highest BCUT2D eigenvalue weighted by Crippen LogP contribution is 2.48. The van der Waals surface area contributed by atoms with E-state index in [-0.39, 0.29) is 62.1 Å². The van der Waals surface area contributed by atoms with E-state index in [9.17, 15) is 28.3 Å². The van der Waals surface area contributed by atoms with Crippen molar-refractivity contribution in [2.75, 3.05) is 50.1 Å². The number of carbonyl (C=O) groups is 1. The molecule has 240 valence electrons. The van der Waals surface area contributed by atoms with Gasteiger partial charge < -0.3 is 20.1 Å². The zero-order valence-electron chi connectivity index (χ0n) is 24.9. The second kappa shape index (κ2) is 12.4. The first-order valence-corrected chi connectivity index (χ1v) is 15.5. The SMILES string of the molecule is C=C(F)C(O)N1CCN(c2nc(OC[C@@H]3C[C@@H](F)CN3C)nc3c2NC(=O)C2(CCCc4c(Cl)cc(F)cc42)C3)C[C@@H]1CC#N. The number of aliphatic hydroxyl groups excluding tert-OH is 1. The van der Waals surface area contributed by atoms with Gasteiger partial charge in [-0.2, -0.15) is 15.2 Å². The fourth-order valence-corrected chi connectivity index (χ4v) is 7.55. The average molecular weight is 646 g/mol. The third kappa shape index (κ3) is 5.85. The molecule has 0 saturated carbocycles. The molecular formula is C31H35ClF3N7O3. The van der Waals surface area contributed by atoms with Crippen LogP contribution in [-0.2, 0) is 23.1 Å². The lowest BCUT2D eigenvalue weighted by Crippen LogP contribution is -2.57. The number of nitriles is 1. The van der Waals surface area contributed by atoms with Gasteiger partial charge in [0.15, 0.2) is 12.0 Å². The van der Waals surface area contributed by atoms with Crippen LogP contribution in [0, 0.1) is 17.1 Å². The minimum absolute atomic E-state index is 0.00549. The van der Waals surface area contributed by atoms with E-state index >= 15 is 0 Å². The molecule has 2 unspecified atom stereocenters. The van der Waals surface area contributed by atoms with E-state index in [0.717, 1.165) is 5.56 Å². The molecule has 4 aliphatic rings. The second-order valence-electron chi connectivity index (χ2n) is 12.4. The number of carbonyl (C=O) groups excluding carboxylic acids is 1. The van der Waals surface area contributed by atoms with Crippen molar-refractivity contribution in [3.63, 3.8) is 0 Å². The number of hydrogen-bond donors (Lipinski definition) is 2. The lowest BCUT2D eigenvalue weighted by Gasteiger charge is -2.45. The Labute approximate surface area is 264 Å². The molecule has 1 aromatic carbocycles. The topological polar surface area (TPSA) is 118 Å². The van der Waals surface area contributed by atoms with Crippen LogP contribution in [0.2, 0.25) is 5.02 Å². The number of nitrogens with zero attached hydrogens (tertiary/aromatic N) is 6. The van der Waals surface area contributed by atoms with Crippen molar-refractivity contribution < 1.29 is 27.8 Å².